The zero-order chi connectivity index (χ0) is 10.7. The third kappa shape index (κ3) is 3.69. The molecule has 1 aromatic carbocycles. The molecule has 0 heterocycles. The minimum Gasteiger partial charge on any atom is -0.399 e. The fraction of sp³-hybridized carbons (Fsp3) is 0.538. The molecule has 0 aromatic heterocycles. The topological polar surface area (TPSA) is 29.3 Å². The Morgan fingerprint density at radius 1 is 1.38 bits per heavy atom. The number of halogens is 1. The van der Waals surface area contributed by atoms with Gasteiger partial charge in [-0.05, 0) is 43.5 Å². The average molecular weight is 241 g/mol. The molecule has 1 saturated carbocycles. The van der Waals surface area contributed by atoms with E-state index in [0.717, 1.165) is 18.2 Å². The summed E-state index contributed by atoms with van der Waals surface area (Å²) in [7, 11) is 2.20. The lowest BCUT2D eigenvalue weighted by Gasteiger charge is -2.30. The Balaban J connectivity index is 0.00000128. The highest BCUT2D eigenvalue weighted by atomic mass is 35.5. The van der Waals surface area contributed by atoms with Crippen LogP contribution in [-0.2, 0) is 6.54 Å². The van der Waals surface area contributed by atoms with E-state index in [1.807, 2.05) is 12.1 Å². The van der Waals surface area contributed by atoms with Gasteiger partial charge in [-0.3, -0.25) is 0 Å². The van der Waals surface area contributed by atoms with Crippen molar-refractivity contribution in [3.63, 3.8) is 0 Å². The fourth-order valence-electron chi connectivity index (χ4n) is 2.18. The number of benzene rings is 1. The molecule has 0 bridgehead atoms. The van der Waals surface area contributed by atoms with Gasteiger partial charge in [-0.25, -0.2) is 0 Å². The molecule has 1 aliphatic carbocycles. The highest BCUT2D eigenvalue weighted by Gasteiger charge is 2.18. The first-order chi connectivity index (χ1) is 7.24. The van der Waals surface area contributed by atoms with E-state index in [9.17, 15) is 0 Å². The van der Waals surface area contributed by atoms with Crippen LogP contribution in [0.2, 0.25) is 0 Å². The van der Waals surface area contributed by atoms with E-state index in [2.05, 4.69) is 24.1 Å². The zero-order valence-corrected chi connectivity index (χ0v) is 10.7. The van der Waals surface area contributed by atoms with Crippen LogP contribution < -0.4 is 5.73 Å². The molecule has 1 aromatic rings. The Morgan fingerprint density at radius 3 is 2.69 bits per heavy atom. The van der Waals surface area contributed by atoms with Gasteiger partial charge in [0, 0.05) is 18.8 Å². The van der Waals surface area contributed by atoms with Gasteiger partial charge in [0.1, 0.15) is 0 Å². The summed E-state index contributed by atoms with van der Waals surface area (Å²) in [6.07, 6.45) is 4.26. The van der Waals surface area contributed by atoms with Crippen molar-refractivity contribution in [2.24, 2.45) is 5.92 Å². The second-order valence-electron chi connectivity index (χ2n) is 4.74. The van der Waals surface area contributed by atoms with Crippen LogP contribution in [0.1, 0.15) is 24.8 Å². The van der Waals surface area contributed by atoms with Gasteiger partial charge in [-0.15, -0.1) is 12.4 Å². The van der Waals surface area contributed by atoms with Crippen LogP contribution in [0.5, 0.6) is 0 Å². The van der Waals surface area contributed by atoms with Gasteiger partial charge in [0.25, 0.3) is 0 Å². The second-order valence-corrected chi connectivity index (χ2v) is 4.74. The third-order valence-corrected chi connectivity index (χ3v) is 3.20. The molecule has 0 spiro atoms. The Morgan fingerprint density at radius 2 is 2.12 bits per heavy atom. The van der Waals surface area contributed by atoms with Crippen molar-refractivity contribution in [3.05, 3.63) is 29.8 Å². The van der Waals surface area contributed by atoms with E-state index >= 15 is 0 Å². The van der Waals surface area contributed by atoms with E-state index < -0.39 is 0 Å². The Kier molecular flexibility index (Phi) is 5.10. The summed E-state index contributed by atoms with van der Waals surface area (Å²) in [5.41, 5.74) is 7.94. The van der Waals surface area contributed by atoms with E-state index in [-0.39, 0.29) is 12.4 Å². The maximum Gasteiger partial charge on any atom is 0.0317 e. The number of nitrogens with two attached hydrogens (primary N) is 1. The summed E-state index contributed by atoms with van der Waals surface area (Å²) in [5.74, 6) is 0.941. The van der Waals surface area contributed by atoms with Gasteiger partial charge in [0.05, 0.1) is 0 Å². The summed E-state index contributed by atoms with van der Waals surface area (Å²) in [5, 5.41) is 0. The van der Waals surface area contributed by atoms with Crippen LogP contribution in [-0.4, -0.2) is 18.5 Å². The normalized spacial score (nSPS) is 15.6. The summed E-state index contributed by atoms with van der Waals surface area (Å²) in [6, 6.07) is 8.18. The van der Waals surface area contributed by atoms with Gasteiger partial charge in [-0.2, -0.15) is 0 Å². The predicted molar refractivity (Wildman–Crippen MR) is 71.8 cm³/mol. The highest BCUT2D eigenvalue weighted by molar-refractivity contribution is 5.85. The minimum absolute atomic E-state index is 0. The number of nitrogen functional groups attached to an aromatic ring is 1. The molecule has 0 amide bonds. The van der Waals surface area contributed by atoms with Crippen molar-refractivity contribution < 1.29 is 0 Å². The van der Waals surface area contributed by atoms with E-state index in [1.54, 1.807) is 0 Å². The van der Waals surface area contributed by atoms with Crippen molar-refractivity contribution >= 4 is 18.1 Å². The third-order valence-electron chi connectivity index (χ3n) is 3.20. The monoisotopic (exact) mass is 240 g/mol. The smallest absolute Gasteiger partial charge is 0.0317 e. The molecule has 90 valence electrons. The molecule has 2 nitrogen and oxygen atoms in total. The second kappa shape index (κ2) is 6.12. The largest absolute Gasteiger partial charge is 0.399 e. The average Bonchev–Trinajstić information content (AvgIpc) is 2.11. The molecule has 1 aliphatic rings. The molecule has 2 N–H and O–H groups in total. The molecule has 2 rings (SSSR count). The first-order valence-corrected chi connectivity index (χ1v) is 5.77. The van der Waals surface area contributed by atoms with E-state index in [1.165, 1.54) is 31.4 Å². The molecule has 0 saturated heterocycles. The van der Waals surface area contributed by atoms with Crippen LogP contribution in [0, 0.1) is 5.92 Å². The molecule has 0 radical (unpaired) electrons. The van der Waals surface area contributed by atoms with E-state index in [4.69, 9.17) is 5.73 Å². The Labute approximate surface area is 104 Å². The van der Waals surface area contributed by atoms with Gasteiger partial charge in [0.2, 0.25) is 0 Å². The van der Waals surface area contributed by atoms with Crippen molar-refractivity contribution in [1.29, 1.82) is 0 Å². The molecule has 0 aliphatic heterocycles. The number of hydrogen-bond acceptors (Lipinski definition) is 2. The lowest BCUT2D eigenvalue weighted by atomic mass is 9.85. The molecular formula is C13H21ClN2. The highest BCUT2D eigenvalue weighted by Crippen LogP contribution is 2.27. The summed E-state index contributed by atoms with van der Waals surface area (Å²) < 4.78 is 0. The molecule has 0 unspecified atom stereocenters. The Bertz CT molecular complexity index is 323. The van der Waals surface area contributed by atoms with Gasteiger partial charge >= 0.3 is 0 Å². The zero-order valence-electron chi connectivity index (χ0n) is 9.86. The number of hydrogen-bond donors (Lipinski definition) is 1. The van der Waals surface area contributed by atoms with Crippen molar-refractivity contribution in [2.75, 3.05) is 19.3 Å². The lowest BCUT2D eigenvalue weighted by molar-refractivity contribution is 0.200. The first-order valence-electron chi connectivity index (χ1n) is 5.77. The quantitative estimate of drug-likeness (QED) is 0.820. The molecule has 3 heteroatoms. The van der Waals surface area contributed by atoms with Gasteiger partial charge < -0.3 is 10.6 Å². The van der Waals surface area contributed by atoms with Crippen molar-refractivity contribution in [1.82, 2.24) is 4.90 Å². The van der Waals surface area contributed by atoms with Gasteiger partial charge in [-0.1, -0.05) is 18.6 Å². The van der Waals surface area contributed by atoms with Crippen LogP contribution in [0.15, 0.2) is 24.3 Å². The van der Waals surface area contributed by atoms with Crippen LogP contribution in [0.3, 0.4) is 0 Å². The maximum absolute atomic E-state index is 5.75. The van der Waals surface area contributed by atoms with Crippen LogP contribution in [0.25, 0.3) is 0 Å². The van der Waals surface area contributed by atoms with E-state index in [0.29, 0.717) is 0 Å². The fourth-order valence-corrected chi connectivity index (χ4v) is 2.18. The molecule has 0 atom stereocenters. The van der Waals surface area contributed by atoms with Crippen LogP contribution in [0.4, 0.5) is 5.69 Å². The lowest BCUT2D eigenvalue weighted by Crippen LogP contribution is -2.29. The molecule has 1 fully saturated rings. The number of nitrogens with zero attached hydrogens (tertiary/aromatic N) is 1. The summed E-state index contributed by atoms with van der Waals surface area (Å²) >= 11 is 0. The standard InChI is InChI=1S/C13H20N2.ClH/c1-15(9-11-4-2-5-11)10-12-6-3-7-13(14)8-12;/h3,6-8,11H,2,4-5,9-10,14H2,1H3;1H. The SMILES string of the molecule is CN(Cc1cccc(N)c1)CC1CCC1.Cl. The number of anilines is 1. The van der Waals surface area contributed by atoms with Gasteiger partial charge in [0.15, 0.2) is 0 Å². The first kappa shape index (κ1) is 13.3. The maximum atomic E-state index is 5.75. The summed E-state index contributed by atoms with van der Waals surface area (Å²) in [4.78, 5) is 2.40. The van der Waals surface area contributed by atoms with Crippen molar-refractivity contribution in [3.8, 4) is 0 Å². The Hall–Kier alpha value is -0.730. The van der Waals surface area contributed by atoms with Crippen LogP contribution >= 0.6 is 12.4 Å². The summed E-state index contributed by atoms with van der Waals surface area (Å²) in [6.45, 7) is 2.25. The number of rotatable bonds is 4. The minimum atomic E-state index is 0. The molecule has 16 heavy (non-hydrogen) atoms. The molecular weight excluding hydrogens is 220 g/mol. The predicted octanol–water partition coefficient (Wildman–Crippen LogP) is 2.92. The van der Waals surface area contributed by atoms with Crippen molar-refractivity contribution in [2.45, 2.75) is 25.8 Å².